The first kappa shape index (κ1) is 14.5. The zero-order chi connectivity index (χ0) is 14.0. The lowest BCUT2D eigenvalue weighted by molar-refractivity contribution is 0.159. The van der Waals surface area contributed by atoms with Crippen molar-refractivity contribution in [3.63, 3.8) is 0 Å². The summed E-state index contributed by atoms with van der Waals surface area (Å²) >= 11 is 5.78. The molecule has 6 nitrogen and oxygen atoms in total. The van der Waals surface area contributed by atoms with Crippen molar-refractivity contribution >= 4 is 27.4 Å². The predicted molar refractivity (Wildman–Crippen MR) is 72.3 cm³/mol. The van der Waals surface area contributed by atoms with Crippen LogP contribution in [0.15, 0.2) is 17.2 Å². The van der Waals surface area contributed by atoms with E-state index < -0.39 is 16.1 Å². The Labute approximate surface area is 117 Å². The highest BCUT2D eigenvalue weighted by atomic mass is 35.5. The Morgan fingerprint density at radius 2 is 2.16 bits per heavy atom. The lowest BCUT2D eigenvalue weighted by atomic mass is 10.2. The van der Waals surface area contributed by atoms with Crippen molar-refractivity contribution in [3.05, 3.63) is 17.3 Å². The largest absolute Gasteiger partial charge is 0.393 e. The molecule has 0 amide bonds. The Hall–Kier alpha value is -0.890. The van der Waals surface area contributed by atoms with Crippen LogP contribution in [0.3, 0.4) is 0 Å². The maximum absolute atomic E-state index is 12.5. The van der Waals surface area contributed by atoms with Crippen LogP contribution in [0, 0.1) is 0 Å². The molecule has 1 aromatic rings. The average Bonchev–Trinajstić information content (AvgIpc) is 2.57. The van der Waals surface area contributed by atoms with Gasteiger partial charge >= 0.3 is 0 Å². The molecule has 0 saturated carbocycles. The molecule has 19 heavy (non-hydrogen) atoms. The molecule has 2 rings (SSSR count). The molecule has 1 aromatic heterocycles. The van der Waals surface area contributed by atoms with Crippen molar-refractivity contribution in [2.75, 3.05) is 18.8 Å². The van der Waals surface area contributed by atoms with Gasteiger partial charge in [0.1, 0.15) is 10.7 Å². The molecule has 1 aliphatic heterocycles. The molecule has 0 spiro atoms. The van der Waals surface area contributed by atoms with Crippen molar-refractivity contribution in [2.24, 2.45) is 0 Å². The number of nitrogens with two attached hydrogens (primary N) is 1. The van der Waals surface area contributed by atoms with Crippen LogP contribution in [-0.4, -0.2) is 42.0 Å². The summed E-state index contributed by atoms with van der Waals surface area (Å²) < 4.78 is 26.3. The van der Waals surface area contributed by atoms with Gasteiger partial charge in [-0.2, -0.15) is 4.31 Å². The number of nitrogen functional groups attached to an aromatic ring is 1. The number of sulfonamides is 1. The Kier molecular flexibility index (Phi) is 4.29. The quantitative estimate of drug-likeness (QED) is 0.844. The molecular weight excluding hydrogens is 290 g/mol. The Morgan fingerprint density at radius 3 is 2.89 bits per heavy atom. The van der Waals surface area contributed by atoms with Crippen molar-refractivity contribution in [2.45, 2.75) is 30.3 Å². The Bertz CT molecular complexity index is 564. The first-order valence-electron chi connectivity index (χ1n) is 6.00. The Morgan fingerprint density at radius 1 is 1.42 bits per heavy atom. The number of aromatic nitrogens is 1. The molecule has 0 radical (unpaired) electrons. The van der Waals surface area contributed by atoms with Crippen LogP contribution < -0.4 is 5.73 Å². The van der Waals surface area contributed by atoms with Gasteiger partial charge in [0.2, 0.25) is 10.0 Å². The van der Waals surface area contributed by atoms with Gasteiger partial charge in [-0.1, -0.05) is 11.6 Å². The summed E-state index contributed by atoms with van der Waals surface area (Å²) in [5.41, 5.74) is 5.62. The third-order valence-corrected chi connectivity index (χ3v) is 5.26. The molecule has 8 heteroatoms. The van der Waals surface area contributed by atoms with Crippen LogP contribution in [-0.2, 0) is 10.0 Å². The van der Waals surface area contributed by atoms with Crippen molar-refractivity contribution in [1.29, 1.82) is 0 Å². The topological polar surface area (TPSA) is 96.5 Å². The number of rotatable bonds is 2. The van der Waals surface area contributed by atoms with Crippen LogP contribution in [0.2, 0.25) is 5.02 Å². The lowest BCUT2D eigenvalue weighted by Gasteiger charge is -2.20. The second-order valence-electron chi connectivity index (χ2n) is 4.53. The standard InChI is InChI=1S/C11H16ClN3O3S/c12-8-6-10(11(13)14-7-8)19(17,18)15-4-1-2-9(16)3-5-15/h6-7,9,16H,1-5H2,(H2,13,14). The van der Waals surface area contributed by atoms with Crippen LogP contribution in [0.4, 0.5) is 5.82 Å². The zero-order valence-electron chi connectivity index (χ0n) is 10.3. The van der Waals surface area contributed by atoms with Gasteiger partial charge in [0, 0.05) is 19.3 Å². The van der Waals surface area contributed by atoms with Gasteiger partial charge in [-0.05, 0) is 25.3 Å². The number of halogens is 1. The molecule has 1 unspecified atom stereocenters. The maximum atomic E-state index is 12.5. The van der Waals surface area contributed by atoms with Crippen molar-refractivity contribution < 1.29 is 13.5 Å². The minimum atomic E-state index is -3.71. The fourth-order valence-corrected chi connectivity index (χ4v) is 3.88. The highest BCUT2D eigenvalue weighted by Gasteiger charge is 2.29. The maximum Gasteiger partial charge on any atom is 0.246 e. The van der Waals surface area contributed by atoms with Gasteiger partial charge in [0.05, 0.1) is 11.1 Å². The van der Waals surface area contributed by atoms with Crippen molar-refractivity contribution in [1.82, 2.24) is 9.29 Å². The van der Waals surface area contributed by atoms with Gasteiger partial charge < -0.3 is 10.8 Å². The summed E-state index contributed by atoms with van der Waals surface area (Å²) in [6.07, 6.45) is 2.51. The van der Waals surface area contributed by atoms with Crippen LogP contribution in [0.5, 0.6) is 0 Å². The minimum absolute atomic E-state index is 0.0609. The molecule has 1 atom stereocenters. The highest BCUT2D eigenvalue weighted by molar-refractivity contribution is 7.89. The molecule has 3 N–H and O–H groups in total. The SMILES string of the molecule is Nc1ncc(Cl)cc1S(=O)(=O)N1CCCC(O)CC1. The van der Waals surface area contributed by atoms with E-state index in [-0.39, 0.29) is 22.3 Å². The molecule has 1 fully saturated rings. The van der Waals surface area contributed by atoms with E-state index in [2.05, 4.69) is 4.98 Å². The lowest BCUT2D eigenvalue weighted by Crippen LogP contribution is -2.33. The summed E-state index contributed by atoms with van der Waals surface area (Å²) in [6, 6.07) is 1.31. The van der Waals surface area contributed by atoms with E-state index in [1.165, 1.54) is 16.6 Å². The number of hydrogen-bond acceptors (Lipinski definition) is 5. The summed E-state index contributed by atoms with van der Waals surface area (Å²) in [6.45, 7) is 0.640. The number of pyridine rings is 1. The van der Waals surface area contributed by atoms with E-state index in [4.69, 9.17) is 17.3 Å². The molecule has 0 aromatic carbocycles. The first-order chi connectivity index (χ1) is 8.91. The zero-order valence-corrected chi connectivity index (χ0v) is 11.9. The second kappa shape index (κ2) is 5.62. The molecule has 106 valence electrons. The smallest absolute Gasteiger partial charge is 0.246 e. The number of aliphatic hydroxyl groups excluding tert-OH is 1. The average molecular weight is 306 g/mol. The summed E-state index contributed by atoms with van der Waals surface area (Å²) in [7, 11) is -3.71. The summed E-state index contributed by atoms with van der Waals surface area (Å²) in [5.74, 6) is -0.0609. The van der Waals surface area contributed by atoms with Crippen LogP contribution in [0.25, 0.3) is 0 Å². The predicted octanol–water partition coefficient (Wildman–Crippen LogP) is 0.853. The molecule has 1 aliphatic rings. The summed E-state index contributed by atoms with van der Waals surface area (Å²) in [4.78, 5) is 3.70. The van der Waals surface area contributed by atoms with Gasteiger partial charge in [-0.25, -0.2) is 13.4 Å². The molecule has 0 aliphatic carbocycles. The van der Waals surface area contributed by atoms with Crippen LogP contribution in [0.1, 0.15) is 19.3 Å². The normalized spacial score (nSPS) is 22.1. The molecular formula is C11H16ClN3O3S. The highest BCUT2D eigenvalue weighted by Crippen LogP contribution is 2.25. The van der Waals surface area contributed by atoms with E-state index in [9.17, 15) is 13.5 Å². The molecule has 1 saturated heterocycles. The third kappa shape index (κ3) is 3.17. The first-order valence-corrected chi connectivity index (χ1v) is 7.82. The fraction of sp³-hybridized carbons (Fsp3) is 0.545. The summed E-state index contributed by atoms with van der Waals surface area (Å²) in [5, 5.41) is 9.79. The van der Waals surface area contributed by atoms with Gasteiger partial charge in [0.15, 0.2) is 0 Å². The van der Waals surface area contributed by atoms with E-state index in [0.29, 0.717) is 25.8 Å². The van der Waals surface area contributed by atoms with E-state index in [1.807, 2.05) is 0 Å². The van der Waals surface area contributed by atoms with Gasteiger partial charge in [-0.3, -0.25) is 0 Å². The fourth-order valence-electron chi connectivity index (χ4n) is 2.07. The minimum Gasteiger partial charge on any atom is -0.393 e. The second-order valence-corrected chi connectivity index (χ2v) is 6.87. The van der Waals surface area contributed by atoms with Gasteiger partial charge in [0.25, 0.3) is 0 Å². The Balaban J connectivity index is 2.33. The number of nitrogens with zero attached hydrogens (tertiary/aromatic N) is 2. The van der Waals surface area contributed by atoms with E-state index in [0.717, 1.165) is 0 Å². The number of aliphatic hydroxyl groups is 1. The van der Waals surface area contributed by atoms with Crippen molar-refractivity contribution in [3.8, 4) is 0 Å². The number of hydrogen-bond donors (Lipinski definition) is 2. The molecule has 2 heterocycles. The molecule has 0 bridgehead atoms. The van der Waals surface area contributed by atoms with Gasteiger partial charge in [-0.15, -0.1) is 0 Å². The third-order valence-electron chi connectivity index (χ3n) is 3.12. The van der Waals surface area contributed by atoms with E-state index in [1.54, 1.807) is 0 Å². The van der Waals surface area contributed by atoms with E-state index >= 15 is 0 Å². The number of anilines is 1. The van der Waals surface area contributed by atoms with Crippen LogP contribution >= 0.6 is 11.6 Å². The monoisotopic (exact) mass is 305 g/mol.